The maximum Gasteiger partial charge on any atom is 0.0503 e. The largest absolute Gasteiger partial charge is 0.313 e. The Morgan fingerprint density at radius 1 is 1.35 bits per heavy atom. The van der Waals surface area contributed by atoms with Gasteiger partial charge in [0, 0.05) is 22.6 Å². The van der Waals surface area contributed by atoms with Gasteiger partial charge < -0.3 is 5.32 Å². The first-order valence-electron chi connectivity index (χ1n) is 7.19. The predicted molar refractivity (Wildman–Crippen MR) is 76.7 cm³/mol. The summed E-state index contributed by atoms with van der Waals surface area (Å²) in [6.45, 7) is 9.85. The van der Waals surface area contributed by atoms with Gasteiger partial charge in [-0.25, -0.2) is 0 Å². The van der Waals surface area contributed by atoms with Crippen molar-refractivity contribution in [3.05, 3.63) is 0 Å². The molecule has 1 fully saturated rings. The molecule has 0 spiro atoms. The predicted octanol–water partition coefficient (Wildman–Crippen LogP) is 2.95. The summed E-state index contributed by atoms with van der Waals surface area (Å²) < 4.78 is 12.5. The lowest BCUT2D eigenvalue weighted by Gasteiger charge is -2.35. The van der Waals surface area contributed by atoms with Gasteiger partial charge in [-0.2, -0.15) is 0 Å². The third-order valence-corrected chi connectivity index (χ3v) is 6.10. The third kappa shape index (κ3) is 4.70. The summed E-state index contributed by atoms with van der Waals surface area (Å²) in [5.74, 6) is 2.22. The summed E-state index contributed by atoms with van der Waals surface area (Å²) >= 11 is 0. The molecule has 0 aliphatic heterocycles. The van der Waals surface area contributed by atoms with Crippen LogP contribution in [0.25, 0.3) is 0 Å². The van der Waals surface area contributed by atoms with Crippen molar-refractivity contribution >= 4 is 10.8 Å². The number of rotatable bonds is 6. The zero-order valence-electron chi connectivity index (χ0n) is 11.9. The molecule has 17 heavy (non-hydrogen) atoms. The number of hydrogen-bond donors (Lipinski definition) is 1. The molecule has 1 saturated carbocycles. The van der Waals surface area contributed by atoms with Crippen LogP contribution in [0.2, 0.25) is 0 Å². The van der Waals surface area contributed by atoms with E-state index in [-0.39, 0.29) is 0 Å². The summed E-state index contributed by atoms with van der Waals surface area (Å²) in [5, 5.41) is 3.92. The van der Waals surface area contributed by atoms with Crippen molar-refractivity contribution in [2.24, 2.45) is 11.8 Å². The van der Waals surface area contributed by atoms with E-state index in [0.29, 0.717) is 17.2 Å². The molecule has 0 amide bonds. The Balaban J connectivity index is 2.58. The summed E-state index contributed by atoms with van der Waals surface area (Å²) in [6, 6.07) is 0.487. The molecule has 0 aromatic heterocycles. The molecule has 0 heterocycles. The summed E-state index contributed by atoms with van der Waals surface area (Å²) in [6.07, 6.45) is 4.77. The monoisotopic (exact) mass is 259 g/mol. The molecule has 0 aromatic carbocycles. The standard InChI is InChI=1S/C14H29NOS/c1-5-11(3)10-17(16)14-9-12(4)7-8-13(14)15-6-2/h11-15H,5-10H2,1-4H3. The molecule has 0 saturated heterocycles. The van der Waals surface area contributed by atoms with Crippen molar-refractivity contribution in [1.82, 2.24) is 5.32 Å². The maximum absolute atomic E-state index is 12.5. The van der Waals surface area contributed by atoms with Gasteiger partial charge in [0.05, 0.1) is 5.25 Å². The Hall–Kier alpha value is 0.110. The first kappa shape index (κ1) is 15.2. The van der Waals surface area contributed by atoms with Gasteiger partial charge in [0.15, 0.2) is 0 Å². The number of nitrogens with one attached hydrogen (secondary N) is 1. The maximum atomic E-state index is 12.5. The van der Waals surface area contributed by atoms with E-state index in [9.17, 15) is 4.21 Å². The van der Waals surface area contributed by atoms with Crippen molar-refractivity contribution in [2.75, 3.05) is 12.3 Å². The molecule has 1 rings (SSSR count). The van der Waals surface area contributed by atoms with E-state index in [2.05, 4.69) is 33.0 Å². The van der Waals surface area contributed by atoms with E-state index >= 15 is 0 Å². The Morgan fingerprint density at radius 3 is 2.65 bits per heavy atom. The highest BCUT2D eigenvalue weighted by Gasteiger charge is 2.32. The lowest BCUT2D eigenvalue weighted by molar-refractivity contribution is 0.316. The lowest BCUT2D eigenvalue weighted by Crippen LogP contribution is -2.46. The molecule has 1 aliphatic rings. The molecule has 2 nitrogen and oxygen atoms in total. The highest BCUT2D eigenvalue weighted by atomic mass is 32.2. The average molecular weight is 259 g/mol. The average Bonchev–Trinajstić information content (AvgIpc) is 2.31. The van der Waals surface area contributed by atoms with Crippen LogP contribution in [0.1, 0.15) is 53.4 Å². The molecule has 0 aromatic rings. The second-order valence-electron chi connectivity index (χ2n) is 5.68. The van der Waals surface area contributed by atoms with Crippen molar-refractivity contribution in [2.45, 2.75) is 64.7 Å². The molecule has 0 bridgehead atoms. The molecule has 5 unspecified atom stereocenters. The van der Waals surface area contributed by atoms with Crippen LogP contribution in [0, 0.1) is 11.8 Å². The van der Waals surface area contributed by atoms with Crippen LogP contribution < -0.4 is 5.32 Å². The fourth-order valence-electron chi connectivity index (χ4n) is 2.64. The van der Waals surface area contributed by atoms with E-state index in [1.807, 2.05) is 0 Å². The Bertz CT molecular complexity index is 244. The van der Waals surface area contributed by atoms with Gasteiger partial charge in [-0.1, -0.05) is 34.1 Å². The van der Waals surface area contributed by atoms with Crippen molar-refractivity contribution in [3.8, 4) is 0 Å². The Labute approximate surface area is 109 Å². The molecule has 3 heteroatoms. The Morgan fingerprint density at radius 2 is 2.06 bits per heavy atom. The minimum atomic E-state index is -0.651. The molecule has 5 atom stereocenters. The van der Waals surface area contributed by atoms with Gasteiger partial charge in [-0.3, -0.25) is 4.21 Å². The molecular formula is C14H29NOS. The highest BCUT2D eigenvalue weighted by Crippen LogP contribution is 2.28. The number of hydrogen-bond acceptors (Lipinski definition) is 2. The van der Waals surface area contributed by atoms with Crippen molar-refractivity contribution in [3.63, 3.8) is 0 Å². The topological polar surface area (TPSA) is 29.1 Å². The van der Waals surface area contributed by atoms with Crippen LogP contribution >= 0.6 is 0 Å². The lowest BCUT2D eigenvalue weighted by atomic mass is 9.87. The van der Waals surface area contributed by atoms with Gasteiger partial charge in [0.25, 0.3) is 0 Å². The minimum Gasteiger partial charge on any atom is -0.313 e. The van der Waals surface area contributed by atoms with Gasteiger partial charge in [0.2, 0.25) is 0 Å². The van der Waals surface area contributed by atoms with Gasteiger partial charge in [-0.05, 0) is 37.6 Å². The SMILES string of the molecule is CCNC1CCC(C)CC1S(=O)CC(C)CC. The molecule has 0 radical (unpaired) electrons. The zero-order chi connectivity index (χ0) is 12.8. The quantitative estimate of drug-likeness (QED) is 0.794. The van der Waals surface area contributed by atoms with E-state index in [0.717, 1.165) is 31.1 Å². The van der Waals surface area contributed by atoms with Crippen molar-refractivity contribution in [1.29, 1.82) is 0 Å². The first-order valence-corrected chi connectivity index (χ1v) is 8.57. The van der Waals surface area contributed by atoms with Gasteiger partial charge >= 0.3 is 0 Å². The fourth-order valence-corrected chi connectivity index (χ4v) is 4.82. The second-order valence-corrected chi connectivity index (χ2v) is 7.38. The second kappa shape index (κ2) is 7.52. The van der Waals surface area contributed by atoms with Crippen LogP contribution in [-0.2, 0) is 10.8 Å². The van der Waals surface area contributed by atoms with Crippen LogP contribution in [-0.4, -0.2) is 27.8 Å². The molecule has 102 valence electrons. The van der Waals surface area contributed by atoms with Crippen LogP contribution in [0.15, 0.2) is 0 Å². The summed E-state index contributed by atoms with van der Waals surface area (Å²) in [5.41, 5.74) is 0. The smallest absolute Gasteiger partial charge is 0.0503 e. The van der Waals surface area contributed by atoms with Gasteiger partial charge in [-0.15, -0.1) is 0 Å². The minimum absolute atomic E-state index is 0.382. The van der Waals surface area contributed by atoms with E-state index in [4.69, 9.17) is 0 Å². The van der Waals surface area contributed by atoms with Gasteiger partial charge in [0.1, 0.15) is 0 Å². The van der Waals surface area contributed by atoms with E-state index in [1.54, 1.807) is 0 Å². The fraction of sp³-hybridized carbons (Fsp3) is 1.00. The van der Waals surface area contributed by atoms with Crippen LogP contribution in [0.5, 0.6) is 0 Å². The third-order valence-electron chi connectivity index (χ3n) is 4.00. The van der Waals surface area contributed by atoms with E-state index < -0.39 is 10.8 Å². The molecule has 1 N–H and O–H groups in total. The summed E-state index contributed by atoms with van der Waals surface area (Å²) in [4.78, 5) is 0. The normalized spacial score (nSPS) is 33.3. The molecule has 1 aliphatic carbocycles. The zero-order valence-corrected chi connectivity index (χ0v) is 12.7. The van der Waals surface area contributed by atoms with Crippen LogP contribution in [0.3, 0.4) is 0 Å². The first-order chi connectivity index (χ1) is 8.08. The van der Waals surface area contributed by atoms with Crippen LogP contribution in [0.4, 0.5) is 0 Å². The van der Waals surface area contributed by atoms with Crippen molar-refractivity contribution < 1.29 is 4.21 Å². The summed E-state index contributed by atoms with van der Waals surface area (Å²) in [7, 11) is -0.651. The highest BCUT2D eigenvalue weighted by molar-refractivity contribution is 7.85. The van der Waals surface area contributed by atoms with E-state index in [1.165, 1.54) is 12.8 Å². The molecular weight excluding hydrogens is 230 g/mol. The Kier molecular flexibility index (Phi) is 6.71.